The van der Waals surface area contributed by atoms with Gasteiger partial charge in [0.1, 0.15) is 16.0 Å². The van der Waals surface area contributed by atoms with Gasteiger partial charge in [0.05, 0.1) is 7.11 Å². The van der Waals surface area contributed by atoms with Crippen molar-refractivity contribution < 1.29 is 19.1 Å². The number of nitrogens with zero attached hydrogens (tertiary/aromatic N) is 1. The van der Waals surface area contributed by atoms with Gasteiger partial charge in [-0.1, -0.05) is 0 Å². The zero-order chi connectivity index (χ0) is 13.0. The maximum atomic E-state index is 11.5. The lowest BCUT2D eigenvalue weighted by Crippen LogP contribution is -2.07. The summed E-state index contributed by atoms with van der Waals surface area (Å²) in [7, 11) is 1.26. The monoisotopic (exact) mass is 257 g/mol. The molecule has 1 aromatic rings. The summed E-state index contributed by atoms with van der Waals surface area (Å²) >= 11 is 1.17. The molecular weight excluding hydrogens is 242 g/mol. The van der Waals surface area contributed by atoms with E-state index >= 15 is 0 Å². The molecule has 1 atom stereocenters. The van der Waals surface area contributed by atoms with Gasteiger partial charge in [0, 0.05) is 13.5 Å². The number of methoxy groups -OCH3 is 1. The average molecular weight is 257 g/mol. The molecule has 1 unspecified atom stereocenters. The zero-order valence-electron chi connectivity index (χ0n) is 10.3. The molecule has 1 rings (SSSR count). The van der Waals surface area contributed by atoms with Gasteiger partial charge < -0.3 is 9.47 Å². The lowest BCUT2D eigenvalue weighted by atomic mass is 10.3. The Labute approximate surface area is 104 Å². The summed E-state index contributed by atoms with van der Waals surface area (Å²) in [5.41, 5.74) is 0.0755. The Hall–Kier alpha value is -1.27. The van der Waals surface area contributed by atoms with Crippen LogP contribution in [0.2, 0.25) is 0 Å². The summed E-state index contributed by atoms with van der Waals surface area (Å²) in [4.78, 5) is 27.3. The molecule has 0 aliphatic heterocycles. The highest BCUT2D eigenvalue weighted by Gasteiger charge is 2.23. The van der Waals surface area contributed by atoms with Crippen molar-refractivity contribution in [2.24, 2.45) is 0 Å². The van der Waals surface area contributed by atoms with Crippen LogP contribution in [0.25, 0.3) is 0 Å². The molecule has 0 radical (unpaired) electrons. The molecule has 0 bridgehead atoms. The molecule has 17 heavy (non-hydrogen) atoms. The topological polar surface area (TPSA) is 65.5 Å². The lowest BCUT2D eigenvalue weighted by Gasteiger charge is -2.06. The minimum absolute atomic E-state index is 0.0755. The Kier molecular flexibility index (Phi) is 4.77. The molecule has 0 aromatic carbocycles. The first-order valence-electron chi connectivity index (χ1n) is 5.22. The number of carbonyl (C=O) groups excluding carboxylic acids is 2. The number of rotatable bonds is 5. The van der Waals surface area contributed by atoms with Crippen LogP contribution in [0.1, 0.15) is 52.0 Å². The lowest BCUT2D eigenvalue weighted by molar-refractivity contribution is 0.0587. The van der Waals surface area contributed by atoms with Crippen LogP contribution in [0.4, 0.5) is 0 Å². The SMILES string of the molecule is CCOC(C)c1nc(C(=O)OC)c(C(C)=O)s1. The van der Waals surface area contributed by atoms with Crippen LogP contribution in [0, 0.1) is 0 Å². The minimum atomic E-state index is -0.596. The van der Waals surface area contributed by atoms with Gasteiger partial charge in [0.15, 0.2) is 11.5 Å². The van der Waals surface area contributed by atoms with Gasteiger partial charge in [0.25, 0.3) is 0 Å². The van der Waals surface area contributed by atoms with E-state index in [0.717, 1.165) is 0 Å². The molecule has 0 saturated carbocycles. The molecule has 0 amide bonds. The van der Waals surface area contributed by atoms with E-state index in [9.17, 15) is 9.59 Å². The molecule has 0 aliphatic rings. The van der Waals surface area contributed by atoms with Gasteiger partial charge in [-0.2, -0.15) is 0 Å². The van der Waals surface area contributed by atoms with E-state index in [1.54, 1.807) is 0 Å². The van der Waals surface area contributed by atoms with Crippen molar-refractivity contribution in [1.29, 1.82) is 0 Å². The molecule has 5 nitrogen and oxygen atoms in total. The quantitative estimate of drug-likeness (QED) is 0.597. The number of aromatic nitrogens is 1. The maximum absolute atomic E-state index is 11.5. The maximum Gasteiger partial charge on any atom is 0.358 e. The van der Waals surface area contributed by atoms with Crippen molar-refractivity contribution >= 4 is 23.1 Å². The first-order chi connectivity index (χ1) is 8.01. The molecule has 0 fully saturated rings. The number of Topliss-reactive ketones (excluding diaryl/α,β-unsaturated/α-hetero) is 1. The second-order valence-corrected chi connectivity index (χ2v) is 4.41. The number of ether oxygens (including phenoxy) is 2. The third kappa shape index (κ3) is 3.10. The van der Waals surface area contributed by atoms with Gasteiger partial charge in [-0.3, -0.25) is 4.79 Å². The highest BCUT2D eigenvalue weighted by Crippen LogP contribution is 2.26. The van der Waals surface area contributed by atoms with Crippen LogP contribution in [-0.4, -0.2) is 30.5 Å². The Morgan fingerprint density at radius 2 is 2.12 bits per heavy atom. The van der Waals surface area contributed by atoms with Gasteiger partial charge in [-0.05, 0) is 13.8 Å². The van der Waals surface area contributed by atoms with Crippen LogP contribution in [0.15, 0.2) is 0 Å². The van der Waals surface area contributed by atoms with Gasteiger partial charge in [-0.25, -0.2) is 9.78 Å². The van der Waals surface area contributed by atoms with E-state index in [-0.39, 0.29) is 17.6 Å². The smallest absolute Gasteiger partial charge is 0.358 e. The number of thiazole rings is 1. The van der Waals surface area contributed by atoms with Crippen molar-refractivity contribution in [1.82, 2.24) is 4.98 Å². The third-order valence-electron chi connectivity index (χ3n) is 2.11. The van der Waals surface area contributed by atoms with Crippen molar-refractivity contribution in [3.05, 3.63) is 15.6 Å². The van der Waals surface area contributed by atoms with Crippen LogP contribution in [0.5, 0.6) is 0 Å². The molecule has 1 aromatic heterocycles. The highest BCUT2D eigenvalue weighted by molar-refractivity contribution is 7.14. The van der Waals surface area contributed by atoms with E-state index in [2.05, 4.69) is 9.72 Å². The molecule has 0 aliphatic carbocycles. The van der Waals surface area contributed by atoms with Crippen molar-refractivity contribution in [3.8, 4) is 0 Å². The zero-order valence-corrected chi connectivity index (χ0v) is 11.1. The van der Waals surface area contributed by atoms with Gasteiger partial charge in [0.2, 0.25) is 0 Å². The molecule has 0 spiro atoms. The summed E-state index contributed by atoms with van der Waals surface area (Å²) in [6.07, 6.45) is -0.235. The molecule has 0 N–H and O–H groups in total. The fraction of sp³-hybridized carbons (Fsp3) is 0.545. The number of esters is 1. The van der Waals surface area contributed by atoms with Gasteiger partial charge in [-0.15, -0.1) is 11.3 Å². The normalized spacial score (nSPS) is 12.2. The molecule has 6 heteroatoms. The molecule has 1 heterocycles. The summed E-state index contributed by atoms with van der Waals surface area (Å²) in [5, 5.41) is 0.609. The number of hydrogen-bond acceptors (Lipinski definition) is 6. The van der Waals surface area contributed by atoms with Crippen LogP contribution < -0.4 is 0 Å². The number of carbonyl (C=O) groups is 2. The average Bonchev–Trinajstić information content (AvgIpc) is 2.73. The predicted octanol–water partition coefficient (Wildman–Crippen LogP) is 2.23. The van der Waals surface area contributed by atoms with E-state index in [1.165, 1.54) is 25.4 Å². The Morgan fingerprint density at radius 3 is 2.59 bits per heavy atom. The summed E-state index contributed by atoms with van der Waals surface area (Å²) in [6.45, 7) is 5.64. The Balaban J connectivity index is 3.12. The van der Waals surface area contributed by atoms with E-state index < -0.39 is 5.97 Å². The summed E-state index contributed by atoms with van der Waals surface area (Å²) in [5.74, 6) is -0.792. The van der Waals surface area contributed by atoms with Crippen molar-refractivity contribution in [2.45, 2.75) is 26.9 Å². The van der Waals surface area contributed by atoms with Gasteiger partial charge >= 0.3 is 5.97 Å². The second kappa shape index (κ2) is 5.88. The third-order valence-corrected chi connectivity index (χ3v) is 3.42. The minimum Gasteiger partial charge on any atom is -0.464 e. The Morgan fingerprint density at radius 1 is 1.47 bits per heavy atom. The van der Waals surface area contributed by atoms with Crippen LogP contribution >= 0.6 is 11.3 Å². The highest BCUT2D eigenvalue weighted by atomic mass is 32.1. The summed E-state index contributed by atoms with van der Waals surface area (Å²) in [6, 6.07) is 0. The van der Waals surface area contributed by atoms with Crippen molar-refractivity contribution in [2.75, 3.05) is 13.7 Å². The Bertz CT molecular complexity index is 427. The number of ketones is 1. The standard InChI is InChI=1S/C11H15NO4S/c1-5-16-7(3)10-12-8(11(14)15-4)9(17-10)6(2)13/h7H,5H2,1-4H3. The first kappa shape index (κ1) is 13.8. The van der Waals surface area contributed by atoms with Crippen LogP contribution in [0.3, 0.4) is 0 Å². The predicted molar refractivity (Wildman–Crippen MR) is 63.5 cm³/mol. The van der Waals surface area contributed by atoms with Crippen LogP contribution in [-0.2, 0) is 9.47 Å². The van der Waals surface area contributed by atoms with E-state index in [1.807, 2.05) is 13.8 Å². The largest absolute Gasteiger partial charge is 0.464 e. The fourth-order valence-electron chi connectivity index (χ4n) is 1.31. The van der Waals surface area contributed by atoms with E-state index in [0.29, 0.717) is 16.5 Å². The fourth-order valence-corrected chi connectivity index (χ4v) is 2.25. The number of hydrogen-bond donors (Lipinski definition) is 0. The second-order valence-electron chi connectivity index (χ2n) is 3.38. The molecule has 0 saturated heterocycles. The summed E-state index contributed by atoms with van der Waals surface area (Å²) < 4.78 is 9.97. The van der Waals surface area contributed by atoms with Crippen molar-refractivity contribution in [3.63, 3.8) is 0 Å². The molecule has 94 valence electrons. The van der Waals surface area contributed by atoms with E-state index in [4.69, 9.17) is 4.74 Å². The first-order valence-corrected chi connectivity index (χ1v) is 6.04. The molecular formula is C11H15NO4S.